The minimum atomic E-state index is -0.587. The van der Waals surface area contributed by atoms with Crippen LogP contribution in [-0.2, 0) is 0 Å². The molecule has 2 aromatic carbocycles. The first-order valence-electron chi connectivity index (χ1n) is 8.02. The number of halogens is 2. The molecule has 1 amide bonds. The highest BCUT2D eigenvalue weighted by Crippen LogP contribution is 2.27. The topological polar surface area (TPSA) is 51.2 Å². The summed E-state index contributed by atoms with van der Waals surface area (Å²) in [4.78, 5) is 16.6. The molecule has 1 N–H and O–H groups in total. The molecule has 0 bridgehead atoms. The van der Waals surface area contributed by atoms with Crippen LogP contribution < -0.4 is 10.1 Å². The first-order chi connectivity index (χ1) is 12.6. The van der Waals surface area contributed by atoms with Gasteiger partial charge in [0.1, 0.15) is 11.6 Å². The van der Waals surface area contributed by atoms with Crippen molar-refractivity contribution in [1.82, 2.24) is 4.98 Å². The fraction of sp³-hybridized carbons (Fsp3) is 0.158. The number of ether oxygens (including phenoxy) is 1. The van der Waals surface area contributed by atoms with Gasteiger partial charge >= 0.3 is 0 Å². The van der Waals surface area contributed by atoms with E-state index in [0.29, 0.717) is 16.2 Å². The predicted octanol–water partition coefficient (Wildman–Crippen LogP) is 5.75. The molecule has 0 atom stereocenters. The van der Waals surface area contributed by atoms with Crippen LogP contribution in [0.4, 0.5) is 9.52 Å². The van der Waals surface area contributed by atoms with Crippen molar-refractivity contribution in [3.63, 3.8) is 0 Å². The summed E-state index contributed by atoms with van der Waals surface area (Å²) in [6.07, 6.45) is 0.954. The van der Waals surface area contributed by atoms with Crippen molar-refractivity contribution < 1.29 is 13.9 Å². The second-order valence-electron chi connectivity index (χ2n) is 5.49. The number of nitrogens with zero attached hydrogens (tertiary/aromatic N) is 1. The monoisotopic (exact) mass is 434 g/mol. The van der Waals surface area contributed by atoms with Crippen molar-refractivity contribution in [2.45, 2.75) is 13.3 Å². The van der Waals surface area contributed by atoms with E-state index in [1.807, 2.05) is 29.6 Å². The van der Waals surface area contributed by atoms with Crippen LogP contribution in [0.2, 0.25) is 0 Å². The van der Waals surface area contributed by atoms with Gasteiger partial charge in [-0.15, -0.1) is 11.3 Å². The highest BCUT2D eigenvalue weighted by atomic mass is 79.9. The van der Waals surface area contributed by atoms with E-state index in [4.69, 9.17) is 4.74 Å². The molecule has 26 heavy (non-hydrogen) atoms. The fourth-order valence-corrected chi connectivity index (χ4v) is 3.29. The molecule has 0 saturated carbocycles. The smallest absolute Gasteiger partial charge is 0.260 e. The van der Waals surface area contributed by atoms with Crippen LogP contribution >= 0.6 is 27.3 Å². The van der Waals surface area contributed by atoms with Gasteiger partial charge in [0.05, 0.1) is 17.9 Å². The minimum Gasteiger partial charge on any atom is -0.494 e. The SMILES string of the molecule is CCCOc1ccc(-c2csc(NC(=O)c3ccc(Br)cc3F)n2)cc1. The number of rotatable bonds is 6. The maximum absolute atomic E-state index is 13.9. The first-order valence-corrected chi connectivity index (χ1v) is 9.69. The van der Waals surface area contributed by atoms with Crippen LogP contribution in [0.25, 0.3) is 11.3 Å². The molecule has 0 fully saturated rings. The van der Waals surface area contributed by atoms with E-state index in [0.717, 1.165) is 23.4 Å². The minimum absolute atomic E-state index is 0.0256. The van der Waals surface area contributed by atoms with E-state index in [2.05, 4.69) is 33.2 Å². The van der Waals surface area contributed by atoms with E-state index in [-0.39, 0.29) is 5.56 Å². The Hall–Kier alpha value is -2.25. The molecule has 0 unspecified atom stereocenters. The molecule has 0 saturated heterocycles. The van der Waals surface area contributed by atoms with Crippen molar-refractivity contribution in [2.24, 2.45) is 0 Å². The normalized spacial score (nSPS) is 10.6. The van der Waals surface area contributed by atoms with Crippen molar-refractivity contribution in [3.8, 4) is 17.0 Å². The van der Waals surface area contributed by atoms with E-state index in [1.54, 1.807) is 6.07 Å². The molecular weight excluding hydrogens is 419 g/mol. The summed E-state index contributed by atoms with van der Waals surface area (Å²) >= 11 is 4.46. The van der Waals surface area contributed by atoms with Gasteiger partial charge in [-0.05, 0) is 48.9 Å². The lowest BCUT2D eigenvalue weighted by Gasteiger charge is -2.05. The summed E-state index contributed by atoms with van der Waals surface area (Å²) in [5.74, 6) is -0.305. The molecule has 0 aliphatic heterocycles. The third-order valence-electron chi connectivity index (χ3n) is 3.52. The van der Waals surface area contributed by atoms with E-state index in [9.17, 15) is 9.18 Å². The number of nitrogens with one attached hydrogen (secondary N) is 1. The Morgan fingerprint density at radius 2 is 2.04 bits per heavy atom. The number of thiazole rings is 1. The van der Waals surface area contributed by atoms with Crippen molar-refractivity contribution in [3.05, 3.63) is 63.7 Å². The molecule has 0 radical (unpaired) electrons. The number of carbonyl (C=O) groups excluding carboxylic acids is 1. The first kappa shape index (κ1) is 18.5. The van der Waals surface area contributed by atoms with Crippen LogP contribution in [0.1, 0.15) is 23.7 Å². The quantitative estimate of drug-likeness (QED) is 0.536. The second-order valence-corrected chi connectivity index (χ2v) is 7.26. The largest absolute Gasteiger partial charge is 0.494 e. The number of carbonyl (C=O) groups is 1. The molecule has 7 heteroatoms. The van der Waals surface area contributed by atoms with Crippen LogP contribution in [-0.4, -0.2) is 17.5 Å². The fourth-order valence-electron chi connectivity index (χ4n) is 2.24. The number of hydrogen-bond acceptors (Lipinski definition) is 4. The van der Waals surface area contributed by atoms with E-state index < -0.39 is 11.7 Å². The molecular formula is C19H16BrFN2O2S. The third kappa shape index (κ3) is 4.47. The lowest BCUT2D eigenvalue weighted by atomic mass is 10.2. The molecule has 1 aromatic heterocycles. The highest BCUT2D eigenvalue weighted by molar-refractivity contribution is 9.10. The van der Waals surface area contributed by atoms with Gasteiger partial charge in [-0.25, -0.2) is 9.37 Å². The Morgan fingerprint density at radius 1 is 1.27 bits per heavy atom. The van der Waals surface area contributed by atoms with Crippen LogP contribution in [0.15, 0.2) is 52.3 Å². The summed E-state index contributed by atoms with van der Waals surface area (Å²) in [5.41, 5.74) is 1.63. The maximum atomic E-state index is 13.9. The molecule has 0 spiro atoms. The Kier molecular flexibility index (Phi) is 6.00. The lowest BCUT2D eigenvalue weighted by molar-refractivity contribution is 0.102. The standard InChI is InChI=1S/C19H16BrFN2O2S/c1-2-9-25-14-6-3-12(4-7-14)17-11-26-19(22-17)23-18(24)15-8-5-13(20)10-16(15)21/h3-8,10-11H,2,9H2,1H3,(H,22,23,24). The lowest BCUT2D eigenvalue weighted by Crippen LogP contribution is -2.13. The van der Waals surface area contributed by atoms with Gasteiger partial charge in [-0.3, -0.25) is 10.1 Å². The molecule has 0 aliphatic rings. The van der Waals surface area contributed by atoms with Crippen molar-refractivity contribution in [1.29, 1.82) is 0 Å². The predicted molar refractivity (Wildman–Crippen MR) is 105 cm³/mol. The average molecular weight is 435 g/mol. The van der Waals surface area contributed by atoms with Gasteiger partial charge in [0.25, 0.3) is 5.91 Å². The Labute approximate surface area is 163 Å². The molecule has 3 rings (SSSR count). The second kappa shape index (κ2) is 8.42. The Morgan fingerprint density at radius 3 is 2.73 bits per heavy atom. The Balaban J connectivity index is 1.70. The van der Waals surface area contributed by atoms with Crippen molar-refractivity contribution >= 4 is 38.3 Å². The van der Waals surface area contributed by atoms with Gasteiger partial charge in [0.2, 0.25) is 0 Å². The van der Waals surface area contributed by atoms with E-state index in [1.165, 1.54) is 23.5 Å². The number of anilines is 1. The Bertz CT molecular complexity index is 912. The van der Waals surface area contributed by atoms with Crippen molar-refractivity contribution in [2.75, 3.05) is 11.9 Å². The van der Waals surface area contributed by atoms with Gasteiger partial charge in [0, 0.05) is 15.4 Å². The van der Waals surface area contributed by atoms with E-state index >= 15 is 0 Å². The van der Waals surface area contributed by atoms with Gasteiger partial charge < -0.3 is 4.74 Å². The van der Waals surface area contributed by atoms with Crippen LogP contribution in [0, 0.1) is 5.82 Å². The zero-order chi connectivity index (χ0) is 18.5. The summed E-state index contributed by atoms with van der Waals surface area (Å²) in [6.45, 7) is 2.73. The number of aromatic nitrogens is 1. The average Bonchev–Trinajstić information content (AvgIpc) is 3.08. The van der Waals surface area contributed by atoms with Crippen LogP contribution in [0.3, 0.4) is 0 Å². The number of amides is 1. The molecule has 4 nitrogen and oxygen atoms in total. The van der Waals surface area contributed by atoms with Gasteiger partial charge in [-0.2, -0.15) is 0 Å². The maximum Gasteiger partial charge on any atom is 0.260 e. The summed E-state index contributed by atoms with van der Waals surface area (Å²) < 4.78 is 20.0. The molecule has 134 valence electrons. The molecule has 3 aromatic rings. The zero-order valence-corrected chi connectivity index (χ0v) is 16.4. The summed E-state index contributed by atoms with van der Waals surface area (Å²) in [5, 5.41) is 4.89. The molecule has 0 aliphatic carbocycles. The highest BCUT2D eigenvalue weighted by Gasteiger charge is 2.14. The third-order valence-corrected chi connectivity index (χ3v) is 4.77. The van der Waals surface area contributed by atoms with Gasteiger partial charge in [0.15, 0.2) is 5.13 Å². The van der Waals surface area contributed by atoms with Gasteiger partial charge in [-0.1, -0.05) is 22.9 Å². The summed E-state index contributed by atoms with van der Waals surface area (Å²) in [7, 11) is 0. The zero-order valence-electron chi connectivity index (χ0n) is 14.0. The molecule has 1 heterocycles. The van der Waals surface area contributed by atoms with Crippen LogP contribution in [0.5, 0.6) is 5.75 Å². The number of hydrogen-bond donors (Lipinski definition) is 1. The summed E-state index contributed by atoms with van der Waals surface area (Å²) in [6, 6.07) is 11.9. The number of benzene rings is 2.